The number of Topliss-reactive ketones (excluding diaryl/α,β-unsaturated/α-hetero) is 1. The largest absolute Gasteiger partial charge is 0.338 e. The molecule has 0 spiro atoms. The Balaban J connectivity index is 1.87. The SMILES string of the molecule is O=C1CCCCC1c1nc(-c2cn[nH]n2)no1. The minimum atomic E-state index is -0.239. The molecule has 1 fully saturated rings. The molecule has 0 amide bonds. The second kappa shape index (κ2) is 4.08. The minimum Gasteiger partial charge on any atom is -0.338 e. The zero-order chi connectivity index (χ0) is 11.7. The van der Waals surface area contributed by atoms with Gasteiger partial charge in [-0.2, -0.15) is 20.4 Å². The minimum absolute atomic E-state index is 0.187. The number of ketones is 1. The van der Waals surface area contributed by atoms with Crippen molar-refractivity contribution < 1.29 is 9.32 Å². The highest BCUT2D eigenvalue weighted by Gasteiger charge is 2.29. The third-order valence-electron chi connectivity index (χ3n) is 2.94. The summed E-state index contributed by atoms with van der Waals surface area (Å²) >= 11 is 0. The van der Waals surface area contributed by atoms with Gasteiger partial charge in [0.25, 0.3) is 0 Å². The van der Waals surface area contributed by atoms with Gasteiger partial charge in [0.15, 0.2) is 5.69 Å². The van der Waals surface area contributed by atoms with E-state index in [1.165, 1.54) is 6.20 Å². The molecule has 2 aromatic heterocycles. The summed E-state index contributed by atoms with van der Waals surface area (Å²) in [6, 6.07) is 0. The fourth-order valence-corrected chi connectivity index (χ4v) is 2.03. The summed E-state index contributed by atoms with van der Waals surface area (Å²) in [5, 5.41) is 13.8. The van der Waals surface area contributed by atoms with Gasteiger partial charge in [-0.15, -0.1) is 0 Å². The Labute approximate surface area is 96.6 Å². The molecule has 0 saturated heterocycles. The van der Waals surface area contributed by atoms with Gasteiger partial charge in [0.1, 0.15) is 5.78 Å². The molecule has 0 bridgehead atoms. The normalized spacial score (nSPS) is 20.7. The monoisotopic (exact) mass is 233 g/mol. The molecular weight excluding hydrogens is 222 g/mol. The van der Waals surface area contributed by atoms with E-state index in [2.05, 4.69) is 25.6 Å². The van der Waals surface area contributed by atoms with E-state index < -0.39 is 0 Å². The summed E-state index contributed by atoms with van der Waals surface area (Å²) in [5.41, 5.74) is 0.517. The van der Waals surface area contributed by atoms with E-state index in [-0.39, 0.29) is 11.7 Å². The third-order valence-corrected chi connectivity index (χ3v) is 2.94. The maximum Gasteiger partial charge on any atom is 0.237 e. The zero-order valence-electron chi connectivity index (χ0n) is 9.09. The smallest absolute Gasteiger partial charge is 0.237 e. The maximum absolute atomic E-state index is 11.7. The first-order valence-corrected chi connectivity index (χ1v) is 5.57. The van der Waals surface area contributed by atoms with Gasteiger partial charge >= 0.3 is 0 Å². The molecule has 1 N–H and O–H groups in total. The lowest BCUT2D eigenvalue weighted by molar-refractivity contribution is -0.122. The Kier molecular flexibility index (Phi) is 2.43. The van der Waals surface area contributed by atoms with Gasteiger partial charge in [-0.05, 0) is 12.8 Å². The van der Waals surface area contributed by atoms with Crippen molar-refractivity contribution in [2.24, 2.45) is 0 Å². The lowest BCUT2D eigenvalue weighted by Crippen LogP contribution is -2.17. The van der Waals surface area contributed by atoms with Crippen LogP contribution in [0.5, 0.6) is 0 Å². The predicted molar refractivity (Wildman–Crippen MR) is 55.9 cm³/mol. The highest BCUT2D eigenvalue weighted by Crippen LogP contribution is 2.29. The van der Waals surface area contributed by atoms with Crippen molar-refractivity contribution in [2.45, 2.75) is 31.6 Å². The number of hydrogen-bond acceptors (Lipinski definition) is 6. The molecule has 17 heavy (non-hydrogen) atoms. The van der Waals surface area contributed by atoms with E-state index in [0.717, 1.165) is 19.3 Å². The lowest BCUT2D eigenvalue weighted by atomic mass is 9.88. The summed E-state index contributed by atoms with van der Waals surface area (Å²) in [6.07, 6.45) is 4.89. The van der Waals surface area contributed by atoms with Gasteiger partial charge in [-0.1, -0.05) is 11.6 Å². The van der Waals surface area contributed by atoms with Gasteiger partial charge in [0.2, 0.25) is 11.7 Å². The quantitative estimate of drug-likeness (QED) is 0.833. The van der Waals surface area contributed by atoms with Crippen LogP contribution >= 0.6 is 0 Å². The molecule has 3 rings (SSSR count). The van der Waals surface area contributed by atoms with Gasteiger partial charge in [-0.25, -0.2) is 0 Å². The van der Waals surface area contributed by atoms with E-state index in [4.69, 9.17) is 4.52 Å². The molecule has 1 unspecified atom stereocenters. The average Bonchev–Trinajstić information content (AvgIpc) is 3.00. The molecule has 2 heterocycles. The van der Waals surface area contributed by atoms with E-state index in [0.29, 0.717) is 23.8 Å². The fraction of sp³-hybridized carbons (Fsp3) is 0.500. The van der Waals surface area contributed by atoms with Gasteiger partial charge in [0, 0.05) is 6.42 Å². The molecule has 1 aliphatic rings. The van der Waals surface area contributed by atoms with Crippen LogP contribution in [0.4, 0.5) is 0 Å². The Hall–Kier alpha value is -2.05. The first-order valence-electron chi connectivity index (χ1n) is 5.57. The topological polar surface area (TPSA) is 97.6 Å². The molecule has 88 valence electrons. The van der Waals surface area contributed by atoms with Crippen LogP contribution in [-0.4, -0.2) is 31.3 Å². The molecule has 7 nitrogen and oxygen atoms in total. The molecule has 0 radical (unpaired) electrons. The summed E-state index contributed by atoms with van der Waals surface area (Å²) in [5.74, 6) is 0.711. The van der Waals surface area contributed by atoms with Crippen molar-refractivity contribution in [2.75, 3.05) is 0 Å². The number of aromatic nitrogens is 5. The number of nitrogens with one attached hydrogen (secondary N) is 1. The van der Waals surface area contributed by atoms with Crippen molar-refractivity contribution in [3.63, 3.8) is 0 Å². The lowest BCUT2D eigenvalue weighted by Gasteiger charge is -2.16. The summed E-state index contributed by atoms with van der Waals surface area (Å²) in [6.45, 7) is 0. The average molecular weight is 233 g/mol. The first-order chi connectivity index (χ1) is 8.34. The van der Waals surface area contributed by atoms with Gasteiger partial charge < -0.3 is 4.52 Å². The van der Waals surface area contributed by atoms with Crippen LogP contribution < -0.4 is 0 Å². The summed E-state index contributed by atoms with van der Waals surface area (Å²) in [7, 11) is 0. The standard InChI is InChI=1S/C10H11N5O2/c16-8-4-2-1-3-6(8)10-12-9(14-17-10)7-5-11-15-13-7/h5-6H,1-4H2,(H,11,13,15). The molecule has 0 aliphatic heterocycles. The predicted octanol–water partition coefficient (Wildman–Crippen LogP) is 1.08. The Morgan fingerprint density at radius 2 is 2.35 bits per heavy atom. The van der Waals surface area contributed by atoms with E-state index in [1.54, 1.807) is 0 Å². The first kappa shape index (κ1) is 10.1. The van der Waals surface area contributed by atoms with Crippen LogP contribution in [0.25, 0.3) is 11.5 Å². The van der Waals surface area contributed by atoms with Gasteiger partial charge in [0.05, 0.1) is 12.1 Å². The number of nitrogens with zero attached hydrogens (tertiary/aromatic N) is 4. The van der Waals surface area contributed by atoms with Crippen LogP contribution in [-0.2, 0) is 4.79 Å². The Morgan fingerprint density at radius 3 is 3.12 bits per heavy atom. The molecule has 1 aliphatic carbocycles. The molecule has 1 saturated carbocycles. The number of hydrogen-bond donors (Lipinski definition) is 1. The highest BCUT2D eigenvalue weighted by molar-refractivity contribution is 5.85. The maximum atomic E-state index is 11.7. The summed E-state index contributed by atoms with van der Waals surface area (Å²) < 4.78 is 5.13. The van der Waals surface area contributed by atoms with Gasteiger partial charge in [-0.3, -0.25) is 4.79 Å². The zero-order valence-corrected chi connectivity index (χ0v) is 9.09. The molecule has 0 aromatic carbocycles. The second-order valence-corrected chi connectivity index (χ2v) is 4.08. The van der Waals surface area contributed by atoms with Crippen molar-refractivity contribution in [3.05, 3.63) is 12.1 Å². The number of carbonyl (C=O) groups excluding carboxylic acids is 1. The highest BCUT2D eigenvalue weighted by atomic mass is 16.5. The van der Waals surface area contributed by atoms with E-state index >= 15 is 0 Å². The molecular formula is C10H11N5O2. The van der Waals surface area contributed by atoms with Crippen molar-refractivity contribution in [1.29, 1.82) is 0 Å². The van der Waals surface area contributed by atoms with E-state index in [9.17, 15) is 4.79 Å². The van der Waals surface area contributed by atoms with Crippen molar-refractivity contribution >= 4 is 5.78 Å². The van der Waals surface area contributed by atoms with Crippen molar-refractivity contribution in [1.82, 2.24) is 25.6 Å². The molecule has 1 atom stereocenters. The van der Waals surface area contributed by atoms with Crippen molar-refractivity contribution in [3.8, 4) is 11.5 Å². The second-order valence-electron chi connectivity index (χ2n) is 4.08. The van der Waals surface area contributed by atoms with Crippen LogP contribution in [0.1, 0.15) is 37.5 Å². The van der Waals surface area contributed by atoms with Crippen LogP contribution in [0, 0.1) is 0 Å². The fourth-order valence-electron chi connectivity index (χ4n) is 2.03. The summed E-state index contributed by atoms with van der Waals surface area (Å²) in [4.78, 5) is 15.9. The third kappa shape index (κ3) is 1.83. The Bertz CT molecular complexity index is 519. The number of rotatable bonds is 2. The number of carbonyl (C=O) groups is 1. The van der Waals surface area contributed by atoms with E-state index in [1.807, 2.05) is 0 Å². The Morgan fingerprint density at radius 1 is 1.41 bits per heavy atom. The number of aromatic amines is 1. The molecule has 2 aromatic rings. The van der Waals surface area contributed by atoms with Crippen LogP contribution in [0.3, 0.4) is 0 Å². The molecule has 7 heteroatoms. The van der Waals surface area contributed by atoms with Crippen LogP contribution in [0.2, 0.25) is 0 Å². The number of H-pyrrole nitrogens is 1. The van der Waals surface area contributed by atoms with Crippen LogP contribution in [0.15, 0.2) is 10.7 Å².